The van der Waals surface area contributed by atoms with E-state index < -0.39 is 0 Å². The van der Waals surface area contributed by atoms with Crippen LogP contribution in [0.1, 0.15) is 10.5 Å². The fourth-order valence-corrected chi connectivity index (χ4v) is 1.86. The average molecular weight is 259 g/mol. The molecular weight excluding hydrogens is 242 g/mol. The molecule has 1 heterocycles. The zero-order chi connectivity index (χ0) is 13.7. The molecule has 100 valence electrons. The maximum atomic E-state index is 12.0. The van der Waals surface area contributed by atoms with E-state index in [0.717, 1.165) is 10.8 Å². The van der Waals surface area contributed by atoms with Crippen LogP contribution in [0.2, 0.25) is 0 Å². The maximum Gasteiger partial charge on any atom is 0.270 e. The highest BCUT2D eigenvalue weighted by atomic mass is 16.5. The standard InChI is InChI=1S/C14H17N3O2/c1-15-13-11-6-4-3-5-10(11)9-12(17-13)14(18)16-7-8-19-2/h3-6,9H,7-8H2,1-2H3,(H,15,17)(H,16,18). The largest absolute Gasteiger partial charge is 0.383 e. The van der Waals surface area contributed by atoms with E-state index in [1.54, 1.807) is 20.2 Å². The summed E-state index contributed by atoms with van der Waals surface area (Å²) in [7, 11) is 3.39. The van der Waals surface area contributed by atoms with Gasteiger partial charge in [-0.1, -0.05) is 24.3 Å². The van der Waals surface area contributed by atoms with Crippen LogP contribution in [0.25, 0.3) is 10.8 Å². The van der Waals surface area contributed by atoms with Crippen molar-refractivity contribution >= 4 is 22.5 Å². The molecule has 0 spiro atoms. The summed E-state index contributed by atoms with van der Waals surface area (Å²) in [5.41, 5.74) is 0.402. The third kappa shape index (κ3) is 3.00. The summed E-state index contributed by atoms with van der Waals surface area (Å²) in [6.45, 7) is 0.955. The predicted molar refractivity (Wildman–Crippen MR) is 75.5 cm³/mol. The molecule has 0 saturated heterocycles. The summed E-state index contributed by atoms with van der Waals surface area (Å²) in [5, 5.41) is 7.76. The van der Waals surface area contributed by atoms with Gasteiger partial charge in [0.15, 0.2) is 0 Å². The van der Waals surface area contributed by atoms with Crippen LogP contribution in [0.4, 0.5) is 5.82 Å². The number of pyridine rings is 1. The first-order valence-corrected chi connectivity index (χ1v) is 6.11. The van der Waals surface area contributed by atoms with Crippen LogP contribution in [-0.2, 0) is 4.74 Å². The SMILES string of the molecule is CNc1nc(C(=O)NCCOC)cc2ccccc12. The maximum absolute atomic E-state index is 12.0. The topological polar surface area (TPSA) is 63.2 Å². The molecule has 5 heteroatoms. The van der Waals surface area contributed by atoms with Gasteiger partial charge in [0.25, 0.3) is 5.91 Å². The Kier molecular flexibility index (Phi) is 4.30. The van der Waals surface area contributed by atoms with Crippen molar-refractivity contribution in [3.05, 3.63) is 36.0 Å². The molecule has 0 radical (unpaired) electrons. The van der Waals surface area contributed by atoms with Crippen LogP contribution < -0.4 is 10.6 Å². The second-order valence-corrected chi connectivity index (χ2v) is 4.08. The molecule has 1 aromatic carbocycles. The number of rotatable bonds is 5. The van der Waals surface area contributed by atoms with Gasteiger partial charge in [-0.25, -0.2) is 4.98 Å². The molecule has 1 aromatic heterocycles. The Morgan fingerprint density at radius 3 is 2.89 bits per heavy atom. The molecule has 0 aliphatic carbocycles. The average Bonchev–Trinajstić information content (AvgIpc) is 2.46. The van der Waals surface area contributed by atoms with E-state index in [-0.39, 0.29) is 5.91 Å². The number of benzene rings is 1. The Morgan fingerprint density at radius 2 is 2.16 bits per heavy atom. The van der Waals surface area contributed by atoms with E-state index in [1.165, 1.54) is 0 Å². The Morgan fingerprint density at radius 1 is 1.37 bits per heavy atom. The summed E-state index contributed by atoms with van der Waals surface area (Å²) in [4.78, 5) is 16.3. The molecule has 5 nitrogen and oxygen atoms in total. The van der Waals surface area contributed by atoms with Crippen molar-refractivity contribution in [2.75, 3.05) is 32.6 Å². The number of aromatic nitrogens is 1. The van der Waals surface area contributed by atoms with Crippen molar-refractivity contribution in [3.63, 3.8) is 0 Å². The van der Waals surface area contributed by atoms with Crippen LogP contribution in [0.3, 0.4) is 0 Å². The lowest BCUT2D eigenvalue weighted by Crippen LogP contribution is -2.27. The zero-order valence-electron chi connectivity index (χ0n) is 11.1. The zero-order valence-corrected chi connectivity index (χ0v) is 11.1. The molecule has 0 unspecified atom stereocenters. The number of ether oxygens (including phenoxy) is 1. The lowest BCUT2D eigenvalue weighted by molar-refractivity contribution is 0.0932. The van der Waals surface area contributed by atoms with E-state index in [0.29, 0.717) is 24.7 Å². The van der Waals surface area contributed by atoms with Crippen molar-refractivity contribution in [1.82, 2.24) is 10.3 Å². The molecule has 2 aromatic rings. The van der Waals surface area contributed by atoms with Gasteiger partial charge in [0.05, 0.1) is 6.61 Å². The minimum atomic E-state index is -0.195. The summed E-state index contributed by atoms with van der Waals surface area (Å²) in [5.74, 6) is 0.509. The van der Waals surface area contributed by atoms with Gasteiger partial charge < -0.3 is 15.4 Å². The van der Waals surface area contributed by atoms with Crippen molar-refractivity contribution < 1.29 is 9.53 Å². The summed E-state index contributed by atoms with van der Waals surface area (Å²) >= 11 is 0. The van der Waals surface area contributed by atoms with Crippen molar-refractivity contribution in [2.24, 2.45) is 0 Å². The fraction of sp³-hybridized carbons (Fsp3) is 0.286. The molecular formula is C14H17N3O2. The van der Waals surface area contributed by atoms with Crippen molar-refractivity contribution in [2.45, 2.75) is 0 Å². The molecule has 0 aliphatic heterocycles. The van der Waals surface area contributed by atoms with Gasteiger partial charge >= 0.3 is 0 Å². The van der Waals surface area contributed by atoms with Gasteiger partial charge in [-0.2, -0.15) is 0 Å². The number of carbonyl (C=O) groups is 1. The molecule has 19 heavy (non-hydrogen) atoms. The molecule has 2 rings (SSSR count). The minimum absolute atomic E-state index is 0.195. The minimum Gasteiger partial charge on any atom is -0.383 e. The second kappa shape index (κ2) is 6.15. The molecule has 0 atom stereocenters. The lowest BCUT2D eigenvalue weighted by atomic mass is 10.1. The van der Waals surface area contributed by atoms with Crippen LogP contribution in [0, 0.1) is 0 Å². The molecule has 0 fully saturated rings. The Bertz CT molecular complexity index is 584. The van der Waals surface area contributed by atoms with Crippen molar-refractivity contribution in [1.29, 1.82) is 0 Å². The summed E-state index contributed by atoms with van der Waals surface area (Å²) in [6.07, 6.45) is 0. The van der Waals surface area contributed by atoms with Gasteiger partial charge in [-0.15, -0.1) is 0 Å². The number of nitrogens with zero attached hydrogens (tertiary/aromatic N) is 1. The number of amides is 1. The van der Waals surface area contributed by atoms with E-state index in [4.69, 9.17) is 4.74 Å². The molecule has 2 N–H and O–H groups in total. The van der Waals surface area contributed by atoms with E-state index in [1.807, 2.05) is 24.3 Å². The third-order valence-corrected chi connectivity index (χ3v) is 2.80. The van der Waals surface area contributed by atoms with Crippen LogP contribution in [-0.4, -0.2) is 38.2 Å². The number of methoxy groups -OCH3 is 1. The van der Waals surface area contributed by atoms with E-state index in [2.05, 4.69) is 15.6 Å². The van der Waals surface area contributed by atoms with Gasteiger partial charge in [0.1, 0.15) is 11.5 Å². The number of nitrogens with one attached hydrogen (secondary N) is 2. The normalized spacial score (nSPS) is 10.4. The second-order valence-electron chi connectivity index (χ2n) is 4.08. The molecule has 1 amide bonds. The molecule has 0 saturated carbocycles. The van der Waals surface area contributed by atoms with Gasteiger partial charge in [0, 0.05) is 26.1 Å². The van der Waals surface area contributed by atoms with Crippen LogP contribution in [0.5, 0.6) is 0 Å². The highest BCUT2D eigenvalue weighted by molar-refractivity contribution is 6.00. The fourth-order valence-electron chi connectivity index (χ4n) is 1.86. The van der Waals surface area contributed by atoms with E-state index >= 15 is 0 Å². The first-order valence-electron chi connectivity index (χ1n) is 6.11. The quantitative estimate of drug-likeness (QED) is 0.801. The number of carbonyl (C=O) groups excluding carboxylic acids is 1. The molecule has 0 aliphatic rings. The van der Waals surface area contributed by atoms with Crippen molar-refractivity contribution in [3.8, 4) is 0 Å². The van der Waals surface area contributed by atoms with Crippen LogP contribution >= 0.6 is 0 Å². The Balaban J connectivity index is 2.31. The van der Waals surface area contributed by atoms with Gasteiger partial charge in [0.2, 0.25) is 0 Å². The first-order chi connectivity index (χ1) is 9.26. The van der Waals surface area contributed by atoms with Gasteiger partial charge in [-0.3, -0.25) is 4.79 Å². The number of hydrogen-bond donors (Lipinski definition) is 2. The smallest absolute Gasteiger partial charge is 0.270 e. The summed E-state index contributed by atoms with van der Waals surface area (Å²) in [6, 6.07) is 9.61. The predicted octanol–water partition coefficient (Wildman–Crippen LogP) is 1.65. The Hall–Kier alpha value is -2.14. The monoisotopic (exact) mass is 259 g/mol. The number of hydrogen-bond acceptors (Lipinski definition) is 4. The van der Waals surface area contributed by atoms with Crippen LogP contribution in [0.15, 0.2) is 30.3 Å². The highest BCUT2D eigenvalue weighted by Gasteiger charge is 2.10. The molecule has 0 bridgehead atoms. The lowest BCUT2D eigenvalue weighted by Gasteiger charge is -2.09. The Labute approximate surface area is 112 Å². The summed E-state index contributed by atoms with van der Waals surface area (Å²) < 4.78 is 4.90. The van der Waals surface area contributed by atoms with Gasteiger partial charge in [-0.05, 0) is 11.5 Å². The third-order valence-electron chi connectivity index (χ3n) is 2.80. The highest BCUT2D eigenvalue weighted by Crippen LogP contribution is 2.21. The number of anilines is 1. The van der Waals surface area contributed by atoms with E-state index in [9.17, 15) is 4.79 Å². The first kappa shape index (κ1) is 13.3. The number of fused-ring (bicyclic) bond motifs is 1.